The highest BCUT2D eigenvalue weighted by molar-refractivity contribution is 7.91. The molecule has 8 nitrogen and oxygen atoms in total. The number of hydrogen-bond donors (Lipinski definition) is 3. The molecule has 7 rings (SSSR count). The van der Waals surface area contributed by atoms with Gasteiger partial charge in [0, 0.05) is 38.8 Å². The summed E-state index contributed by atoms with van der Waals surface area (Å²) in [6.45, 7) is 18.1. The van der Waals surface area contributed by atoms with Crippen LogP contribution in [0.5, 0.6) is 0 Å². The Morgan fingerprint density at radius 1 is 0.942 bits per heavy atom. The number of methoxy groups -OCH3 is 1. The molecular weight excluding hydrogens is 673 g/mol. The molecule has 3 N–H and O–H groups in total. The summed E-state index contributed by atoms with van der Waals surface area (Å²) in [6, 6.07) is 7.52. The third-order valence-corrected chi connectivity index (χ3v) is 18.6. The van der Waals surface area contributed by atoms with Gasteiger partial charge in [-0.15, -0.1) is 0 Å². The summed E-state index contributed by atoms with van der Waals surface area (Å²) in [5, 5.41) is 25.7. The topological polar surface area (TPSA) is 116 Å². The number of nitrogens with zero attached hydrogens (tertiary/aromatic N) is 1. The van der Waals surface area contributed by atoms with E-state index in [1.165, 1.54) is 37.7 Å². The number of benzene rings is 1. The highest BCUT2D eigenvalue weighted by Crippen LogP contribution is 2.76. The molecule has 1 saturated heterocycles. The van der Waals surface area contributed by atoms with E-state index in [4.69, 9.17) is 4.74 Å². The van der Waals surface area contributed by atoms with Gasteiger partial charge in [-0.1, -0.05) is 52.8 Å². The minimum atomic E-state index is -2.90. The fourth-order valence-corrected chi connectivity index (χ4v) is 15.6. The third-order valence-electron chi connectivity index (χ3n) is 17.0. The van der Waals surface area contributed by atoms with E-state index in [1.807, 2.05) is 19.1 Å². The van der Waals surface area contributed by atoms with Crippen molar-refractivity contribution in [3.63, 3.8) is 0 Å². The van der Waals surface area contributed by atoms with Gasteiger partial charge in [-0.3, -0.25) is 0 Å². The van der Waals surface area contributed by atoms with Crippen molar-refractivity contribution in [1.29, 1.82) is 0 Å². The first-order valence-corrected chi connectivity index (χ1v) is 22.1. The van der Waals surface area contributed by atoms with Crippen LogP contribution in [0.3, 0.4) is 0 Å². The van der Waals surface area contributed by atoms with Crippen LogP contribution in [0.25, 0.3) is 5.57 Å². The maximum Gasteiger partial charge on any atom is 0.335 e. The van der Waals surface area contributed by atoms with E-state index < -0.39 is 21.4 Å². The summed E-state index contributed by atoms with van der Waals surface area (Å²) in [5.74, 6) is 1.78. The van der Waals surface area contributed by atoms with E-state index in [-0.39, 0.29) is 44.6 Å². The molecule has 10 atom stereocenters. The van der Waals surface area contributed by atoms with Crippen molar-refractivity contribution < 1.29 is 28.2 Å². The smallest absolute Gasteiger partial charge is 0.335 e. The lowest BCUT2D eigenvalue weighted by Crippen LogP contribution is -2.69. The van der Waals surface area contributed by atoms with Crippen LogP contribution in [0.15, 0.2) is 30.3 Å². The molecule has 0 radical (unpaired) electrons. The summed E-state index contributed by atoms with van der Waals surface area (Å²) in [5.41, 5.74) is 2.38. The van der Waals surface area contributed by atoms with Crippen molar-refractivity contribution >= 4 is 21.4 Å². The highest BCUT2D eigenvalue weighted by atomic mass is 32.2. The Morgan fingerprint density at radius 2 is 1.63 bits per heavy atom. The van der Waals surface area contributed by atoms with Gasteiger partial charge in [0.1, 0.15) is 0 Å². The number of carboxylic acid groups (broad SMARTS) is 1. The van der Waals surface area contributed by atoms with Crippen LogP contribution < -0.4 is 5.32 Å². The number of sulfone groups is 1. The fraction of sp³-hybridized carbons (Fsp3) is 0.791. The van der Waals surface area contributed by atoms with E-state index >= 15 is 0 Å². The fourth-order valence-electron chi connectivity index (χ4n) is 14.3. The summed E-state index contributed by atoms with van der Waals surface area (Å²) >= 11 is 0. The van der Waals surface area contributed by atoms with E-state index in [0.29, 0.717) is 48.9 Å². The Morgan fingerprint density at radius 3 is 2.29 bits per heavy atom. The van der Waals surface area contributed by atoms with Gasteiger partial charge >= 0.3 is 5.97 Å². The van der Waals surface area contributed by atoms with Crippen molar-refractivity contribution in [2.45, 2.75) is 110 Å². The first kappa shape index (κ1) is 38.5. The minimum Gasteiger partial charge on any atom is -0.478 e. The standard InChI is InChI=1S/C43H66N2O6S/c1-38(2)31(29-8-10-30(11-9-29)37(46)47)14-17-39(3)34(38)16-18-41(5)35(39)13-12-32-36-33(42(6,48)28-51-7)15-19-43(36,21-20-40(32,41)4)44-22-23-45-24-26-52(49,50)27-25-45/h8-11,14,32-36,44,48H,12-13,15-28H2,1-7H3,(H,46,47). The van der Waals surface area contributed by atoms with Crippen LogP contribution >= 0.6 is 0 Å². The van der Waals surface area contributed by atoms with E-state index in [1.54, 1.807) is 19.2 Å². The average molecular weight is 739 g/mol. The number of carboxylic acids is 1. The van der Waals surface area contributed by atoms with E-state index in [2.05, 4.69) is 50.9 Å². The van der Waals surface area contributed by atoms with Crippen molar-refractivity contribution in [3.05, 3.63) is 41.5 Å². The number of aliphatic hydroxyl groups is 1. The second-order valence-electron chi connectivity index (χ2n) is 19.6. The number of fused-ring (bicyclic) bond motifs is 7. The number of ether oxygens (including phenoxy) is 1. The zero-order valence-corrected chi connectivity index (χ0v) is 33.8. The van der Waals surface area contributed by atoms with Crippen molar-refractivity contribution in [1.82, 2.24) is 10.2 Å². The molecule has 9 heteroatoms. The predicted octanol–water partition coefficient (Wildman–Crippen LogP) is 6.93. The molecule has 4 saturated carbocycles. The quantitative estimate of drug-likeness (QED) is 0.250. The zero-order valence-electron chi connectivity index (χ0n) is 33.0. The summed E-state index contributed by atoms with van der Waals surface area (Å²) < 4.78 is 29.8. The molecule has 1 aromatic rings. The van der Waals surface area contributed by atoms with Gasteiger partial charge in [0.25, 0.3) is 0 Å². The maximum absolute atomic E-state index is 12.1. The molecule has 0 amide bonds. The number of aromatic carboxylic acids is 1. The first-order chi connectivity index (χ1) is 24.3. The molecule has 290 valence electrons. The normalized spacial score (nSPS) is 42.2. The lowest BCUT2D eigenvalue weighted by molar-refractivity contribution is -0.227. The van der Waals surface area contributed by atoms with Gasteiger partial charge in [-0.25, -0.2) is 13.2 Å². The van der Waals surface area contributed by atoms with Gasteiger partial charge in [0.15, 0.2) is 9.84 Å². The van der Waals surface area contributed by atoms with Gasteiger partial charge < -0.3 is 25.2 Å². The molecule has 0 spiro atoms. The second-order valence-corrected chi connectivity index (χ2v) is 21.9. The highest BCUT2D eigenvalue weighted by Gasteiger charge is 2.71. The Kier molecular flexibility index (Phi) is 9.75. The molecule has 0 bridgehead atoms. The molecule has 52 heavy (non-hydrogen) atoms. The summed E-state index contributed by atoms with van der Waals surface area (Å²) in [6.07, 6.45) is 12.7. The van der Waals surface area contributed by atoms with Crippen LogP contribution in [-0.4, -0.2) is 92.0 Å². The molecule has 5 aliphatic carbocycles. The molecular formula is C43H66N2O6S. The number of allylic oxidation sites excluding steroid dienone is 2. The van der Waals surface area contributed by atoms with Crippen LogP contribution in [0.1, 0.15) is 115 Å². The van der Waals surface area contributed by atoms with Gasteiger partial charge in [-0.05, 0) is 139 Å². The van der Waals surface area contributed by atoms with Gasteiger partial charge in [0.05, 0.1) is 29.3 Å². The van der Waals surface area contributed by atoms with Gasteiger partial charge in [0.2, 0.25) is 0 Å². The molecule has 1 heterocycles. The predicted molar refractivity (Wildman–Crippen MR) is 207 cm³/mol. The minimum absolute atomic E-state index is 0.0284. The largest absolute Gasteiger partial charge is 0.478 e. The van der Waals surface area contributed by atoms with E-state index in [0.717, 1.165) is 44.3 Å². The Hall–Kier alpha value is -1.78. The summed E-state index contributed by atoms with van der Waals surface area (Å²) in [4.78, 5) is 13.9. The molecule has 10 unspecified atom stereocenters. The van der Waals surface area contributed by atoms with Crippen LogP contribution in [0.2, 0.25) is 0 Å². The number of rotatable bonds is 9. The number of carbonyl (C=O) groups is 1. The Bertz CT molecular complexity index is 1660. The van der Waals surface area contributed by atoms with Crippen molar-refractivity contribution in [2.75, 3.05) is 51.4 Å². The lowest BCUT2D eigenvalue weighted by atomic mass is 9.32. The third kappa shape index (κ3) is 5.97. The monoisotopic (exact) mass is 738 g/mol. The Balaban J connectivity index is 1.17. The van der Waals surface area contributed by atoms with Crippen LogP contribution in [-0.2, 0) is 14.6 Å². The second kappa shape index (κ2) is 13.2. The number of nitrogens with one attached hydrogen (secondary N) is 1. The van der Waals surface area contributed by atoms with E-state index in [9.17, 15) is 23.4 Å². The molecule has 0 aromatic heterocycles. The molecule has 6 aliphatic rings. The molecule has 1 aliphatic heterocycles. The first-order valence-electron chi connectivity index (χ1n) is 20.3. The molecule has 5 fully saturated rings. The van der Waals surface area contributed by atoms with Crippen molar-refractivity contribution in [3.8, 4) is 0 Å². The lowest BCUT2D eigenvalue weighted by Gasteiger charge is -2.72. The maximum atomic E-state index is 12.1. The summed E-state index contributed by atoms with van der Waals surface area (Å²) in [7, 11) is -1.19. The SMILES string of the molecule is COCC(C)(O)C1CCC2(NCCN3CCS(=O)(=O)CC3)CCC3(C)C(CCC4C5(C)CC=C(c6ccc(C(=O)O)cc6)C(C)(C)C5CCC43C)C12. The molecule has 1 aromatic carbocycles. The Labute approximate surface area is 313 Å². The van der Waals surface area contributed by atoms with Crippen LogP contribution in [0, 0.1) is 51.2 Å². The van der Waals surface area contributed by atoms with Crippen molar-refractivity contribution in [2.24, 2.45) is 51.2 Å². The zero-order chi connectivity index (χ0) is 37.5. The average Bonchev–Trinajstić information content (AvgIpc) is 3.46. The van der Waals surface area contributed by atoms with Gasteiger partial charge in [-0.2, -0.15) is 0 Å². The van der Waals surface area contributed by atoms with Crippen LogP contribution in [0.4, 0.5) is 0 Å². The number of hydrogen-bond acceptors (Lipinski definition) is 7.